The minimum absolute atomic E-state index is 0.216. The minimum atomic E-state index is -1.31. The summed E-state index contributed by atoms with van der Waals surface area (Å²) >= 11 is 0. The maximum absolute atomic E-state index is 12.4. The Labute approximate surface area is 296 Å². The second kappa shape index (κ2) is 12.2. The molecule has 0 bridgehead atoms. The minimum Gasteiger partial charge on any atom is -0.497 e. The molecule has 7 nitrogen and oxygen atoms in total. The van der Waals surface area contributed by atoms with Crippen LogP contribution in [0.1, 0.15) is 40.3 Å². The maximum atomic E-state index is 12.4. The molecule has 1 atom stereocenters. The summed E-state index contributed by atoms with van der Waals surface area (Å²) in [4.78, 5) is 0. The van der Waals surface area contributed by atoms with Crippen LogP contribution in [0.5, 0.6) is 28.7 Å². The van der Waals surface area contributed by atoms with Gasteiger partial charge in [-0.1, -0.05) is 54.6 Å². The highest BCUT2D eigenvalue weighted by Crippen LogP contribution is 2.58. The molecule has 0 saturated carbocycles. The topological polar surface area (TPSA) is 86.6 Å². The van der Waals surface area contributed by atoms with E-state index in [0.29, 0.717) is 22.8 Å². The Bertz CT molecular complexity index is 2290. The molecule has 1 aliphatic heterocycles. The van der Waals surface area contributed by atoms with E-state index in [-0.39, 0.29) is 6.61 Å². The predicted octanol–water partition coefficient (Wildman–Crippen LogP) is 8.62. The number of fused-ring (bicyclic) bond motifs is 8. The normalized spacial score (nSPS) is 16.5. The quantitative estimate of drug-likeness (QED) is 0.167. The summed E-state index contributed by atoms with van der Waals surface area (Å²) < 4.78 is 29.8. The third-order valence-electron chi connectivity index (χ3n) is 10.4. The van der Waals surface area contributed by atoms with Crippen LogP contribution >= 0.6 is 0 Å². The van der Waals surface area contributed by atoms with E-state index in [1.165, 1.54) is 0 Å². The van der Waals surface area contributed by atoms with Gasteiger partial charge in [0.2, 0.25) is 0 Å². The fraction of sp³-hybridized carbons (Fsp3) is 0.182. The Morgan fingerprint density at radius 3 is 1.88 bits per heavy atom. The van der Waals surface area contributed by atoms with Crippen LogP contribution in [0.3, 0.4) is 0 Å². The van der Waals surface area contributed by atoms with Gasteiger partial charge in [-0.05, 0) is 94.7 Å². The molecule has 6 aromatic rings. The maximum Gasteiger partial charge on any atom is 0.178 e. The van der Waals surface area contributed by atoms with Crippen molar-refractivity contribution in [1.82, 2.24) is 0 Å². The SMILES string of the molecule is COc1ccc(C2(c3ccc(OC)cc3)C=Cc3c4c(c5cc(CO)c(-c6ccc(OC)cc6OC)cc5c3O2)-c2ccccc2C4(C)O)cc1. The van der Waals surface area contributed by atoms with E-state index in [1.807, 2.05) is 104 Å². The van der Waals surface area contributed by atoms with E-state index in [4.69, 9.17) is 23.7 Å². The molecule has 0 amide bonds. The molecule has 0 fully saturated rings. The van der Waals surface area contributed by atoms with Crippen LogP contribution in [0.15, 0.2) is 109 Å². The first-order chi connectivity index (χ1) is 24.8. The van der Waals surface area contributed by atoms with Gasteiger partial charge in [-0.3, -0.25) is 0 Å². The number of aliphatic hydroxyl groups excluding tert-OH is 1. The average molecular weight is 679 g/mol. The Hall–Kier alpha value is -5.76. The highest BCUT2D eigenvalue weighted by atomic mass is 16.5. The molecule has 256 valence electrons. The van der Waals surface area contributed by atoms with Crippen LogP contribution in [-0.4, -0.2) is 38.7 Å². The van der Waals surface area contributed by atoms with Gasteiger partial charge in [0.1, 0.15) is 34.3 Å². The van der Waals surface area contributed by atoms with Gasteiger partial charge in [-0.25, -0.2) is 0 Å². The lowest BCUT2D eigenvalue weighted by Crippen LogP contribution is -2.35. The van der Waals surface area contributed by atoms with Gasteiger partial charge in [0, 0.05) is 39.3 Å². The zero-order valence-electron chi connectivity index (χ0n) is 29.1. The molecule has 7 heteroatoms. The van der Waals surface area contributed by atoms with Crippen LogP contribution in [0.25, 0.3) is 39.1 Å². The lowest BCUT2D eigenvalue weighted by Gasteiger charge is -2.38. The predicted molar refractivity (Wildman–Crippen MR) is 199 cm³/mol. The van der Waals surface area contributed by atoms with Gasteiger partial charge in [0.15, 0.2) is 5.60 Å². The Morgan fingerprint density at radius 2 is 1.27 bits per heavy atom. The van der Waals surface area contributed by atoms with Gasteiger partial charge < -0.3 is 33.9 Å². The second-order valence-corrected chi connectivity index (χ2v) is 13.0. The van der Waals surface area contributed by atoms with Crippen molar-refractivity contribution in [2.75, 3.05) is 28.4 Å². The molecule has 0 radical (unpaired) electrons. The van der Waals surface area contributed by atoms with Crippen molar-refractivity contribution in [1.29, 1.82) is 0 Å². The third kappa shape index (κ3) is 4.88. The first-order valence-electron chi connectivity index (χ1n) is 16.8. The van der Waals surface area contributed by atoms with E-state index in [0.717, 1.165) is 72.3 Å². The van der Waals surface area contributed by atoms with E-state index in [1.54, 1.807) is 28.4 Å². The van der Waals surface area contributed by atoms with E-state index >= 15 is 0 Å². The van der Waals surface area contributed by atoms with Crippen molar-refractivity contribution in [2.45, 2.75) is 24.7 Å². The molecule has 0 saturated heterocycles. The summed E-state index contributed by atoms with van der Waals surface area (Å²) in [5.74, 6) is 3.35. The van der Waals surface area contributed by atoms with Gasteiger partial charge in [0.05, 0.1) is 35.0 Å². The summed E-state index contributed by atoms with van der Waals surface area (Å²) in [7, 11) is 6.53. The Morgan fingerprint density at radius 1 is 0.647 bits per heavy atom. The standard InChI is InChI=1S/C44H38O7/c1-43(46)38-9-7-6-8-33(38)40-36-22-26(25-45)35(32-19-18-31(49-4)23-39(32)50-5)24-37(36)42-34(41(40)43)20-21-44(51-42,27-10-14-29(47-2)15-11-27)28-12-16-30(48-3)17-13-28/h6-24,45-46H,25H2,1-5H3. The fourth-order valence-corrected chi connectivity index (χ4v) is 7.83. The van der Waals surface area contributed by atoms with Crippen LogP contribution in [-0.2, 0) is 17.8 Å². The molecule has 2 N–H and O–H groups in total. The van der Waals surface area contributed by atoms with Crippen LogP contribution in [0, 0.1) is 0 Å². The van der Waals surface area contributed by atoms with Crippen molar-refractivity contribution >= 4 is 16.8 Å². The molecule has 0 aromatic heterocycles. The second-order valence-electron chi connectivity index (χ2n) is 13.0. The first kappa shape index (κ1) is 32.4. The number of methoxy groups -OCH3 is 4. The average Bonchev–Trinajstić information content (AvgIpc) is 3.43. The summed E-state index contributed by atoms with van der Waals surface area (Å²) in [5, 5.41) is 24.9. The van der Waals surface area contributed by atoms with Crippen LogP contribution in [0.4, 0.5) is 0 Å². The zero-order valence-corrected chi connectivity index (χ0v) is 29.1. The van der Waals surface area contributed by atoms with Crippen molar-refractivity contribution in [3.63, 3.8) is 0 Å². The number of aliphatic hydroxyl groups is 2. The van der Waals surface area contributed by atoms with Gasteiger partial charge >= 0.3 is 0 Å². The molecule has 51 heavy (non-hydrogen) atoms. The van der Waals surface area contributed by atoms with E-state index in [2.05, 4.69) is 18.2 Å². The molecular formula is C44H38O7. The van der Waals surface area contributed by atoms with Gasteiger partial charge in [0.25, 0.3) is 0 Å². The molecule has 6 aromatic carbocycles. The summed E-state index contributed by atoms with van der Waals surface area (Å²) in [6.07, 6.45) is 4.15. The van der Waals surface area contributed by atoms with Gasteiger partial charge in [-0.2, -0.15) is 0 Å². The molecule has 1 heterocycles. The molecule has 1 aliphatic carbocycles. The largest absolute Gasteiger partial charge is 0.497 e. The third-order valence-corrected chi connectivity index (χ3v) is 10.4. The molecule has 2 aliphatic rings. The number of ether oxygens (including phenoxy) is 5. The lowest BCUT2D eigenvalue weighted by atomic mass is 9.80. The van der Waals surface area contributed by atoms with Crippen molar-refractivity contribution < 1.29 is 33.9 Å². The molecule has 0 spiro atoms. The number of hydrogen-bond donors (Lipinski definition) is 2. The van der Waals surface area contributed by atoms with E-state index in [9.17, 15) is 10.2 Å². The molecule has 8 rings (SSSR count). The first-order valence-corrected chi connectivity index (χ1v) is 16.8. The summed E-state index contributed by atoms with van der Waals surface area (Å²) in [6, 6.07) is 33.5. The monoisotopic (exact) mass is 678 g/mol. The van der Waals surface area contributed by atoms with Crippen LogP contribution < -0.4 is 23.7 Å². The highest BCUT2D eigenvalue weighted by molar-refractivity contribution is 6.10. The zero-order chi connectivity index (χ0) is 35.5. The summed E-state index contributed by atoms with van der Waals surface area (Å²) in [6.45, 7) is 1.63. The molecular weight excluding hydrogens is 640 g/mol. The lowest BCUT2D eigenvalue weighted by molar-refractivity contribution is 0.105. The van der Waals surface area contributed by atoms with E-state index < -0.39 is 11.2 Å². The van der Waals surface area contributed by atoms with Crippen molar-refractivity contribution in [2.24, 2.45) is 0 Å². The van der Waals surface area contributed by atoms with Gasteiger partial charge in [-0.15, -0.1) is 0 Å². The Kier molecular flexibility index (Phi) is 7.78. The van der Waals surface area contributed by atoms with Crippen molar-refractivity contribution in [3.05, 3.63) is 143 Å². The summed E-state index contributed by atoms with van der Waals surface area (Å²) in [5.41, 5.74) is 5.95. The Balaban J connectivity index is 1.47. The molecule has 1 unspecified atom stereocenters. The number of benzene rings is 6. The van der Waals surface area contributed by atoms with Crippen LogP contribution in [0.2, 0.25) is 0 Å². The number of hydrogen-bond acceptors (Lipinski definition) is 7. The smallest absolute Gasteiger partial charge is 0.178 e. The van der Waals surface area contributed by atoms with Crippen molar-refractivity contribution in [3.8, 4) is 51.0 Å². The fourth-order valence-electron chi connectivity index (χ4n) is 7.83. The highest BCUT2D eigenvalue weighted by Gasteiger charge is 2.45. The number of rotatable bonds is 8.